The van der Waals surface area contributed by atoms with Gasteiger partial charge in [-0.3, -0.25) is 4.79 Å². The number of nitrogen functional groups attached to an aromatic ring is 1. The highest BCUT2D eigenvalue weighted by Crippen LogP contribution is 2.24. The van der Waals surface area contributed by atoms with E-state index in [1.165, 1.54) is 0 Å². The number of nitrogens with one attached hydrogen (secondary N) is 2. The second-order valence-electron chi connectivity index (χ2n) is 3.86. The summed E-state index contributed by atoms with van der Waals surface area (Å²) in [6, 6.07) is 4.97. The first-order valence-electron chi connectivity index (χ1n) is 5.26. The molecule has 1 saturated heterocycles. The van der Waals surface area contributed by atoms with E-state index in [1.807, 2.05) is 0 Å². The van der Waals surface area contributed by atoms with E-state index in [4.69, 9.17) is 17.3 Å². The SMILES string of the molecule is Nc1ccc(Cl)cc1NC1CCCNC1=O. The fraction of sp³-hybridized carbons (Fsp3) is 0.364. The van der Waals surface area contributed by atoms with E-state index in [0.717, 1.165) is 25.1 Å². The Bertz CT molecular complexity index is 408. The van der Waals surface area contributed by atoms with E-state index >= 15 is 0 Å². The standard InChI is InChI=1S/C11H14ClN3O/c12-7-3-4-8(13)10(6-7)15-9-2-1-5-14-11(9)16/h3-4,6,9,15H,1-2,5,13H2,(H,14,16). The van der Waals surface area contributed by atoms with Gasteiger partial charge in [0.2, 0.25) is 5.91 Å². The molecule has 1 aliphatic heterocycles. The van der Waals surface area contributed by atoms with Crippen LogP contribution in [0.5, 0.6) is 0 Å². The lowest BCUT2D eigenvalue weighted by Crippen LogP contribution is -2.44. The molecule has 1 fully saturated rings. The number of carbonyl (C=O) groups excluding carboxylic acids is 1. The summed E-state index contributed by atoms with van der Waals surface area (Å²) in [5.41, 5.74) is 7.12. The van der Waals surface area contributed by atoms with Crippen molar-refractivity contribution in [3.63, 3.8) is 0 Å². The summed E-state index contributed by atoms with van der Waals surface area (Å²) in [5, 5.41) is 6.53. The Morgan fingerprint density at radius 1 is 1.50 bits per heavy atom. The van der Waals surface area contributed by atoms with Crippen molar-refractivity contribution in [2.75, 3.05) is 17.6 Å². The Labute approximate surface area is 99.2 Å². The lowest BCUT2D eigenvalue weighted by atomic mass is 10.1. The normalized spacial score (nSPS) is 20.3. The third kappa shape index (κ3) is 2.39. The van der Waals surface area contributed by atoms with Crippen molar-refractivity contribution in [1.82, 2.24) is 5.32 Å². The maximum absolute atomic E-state index is 11.5. The highest BCUT2D eigenvalue weighted by molar-refractivity contribution is 6.31. The van der Waals surface area contributed by atoms with E-state index < -0.39 is 0 Å². The second-order valence-corrected chi connectivity index (χ2v) is 4.30. The Kier molecular flexibility index (Phi) is 3.19. The number of benzene rings is 1. The predicted octanol–water partition coefficient (Wildman–Crippen LogP) is 1.61. The van der Waals surface area contributed by atoms with Crippen molar-refractivity contribution in [2.24, 2.45) is 0 Å². The van der Waals surface area contributed by atoms with Gasteiger partial charge < -0.3 is 16.4 Å². The zero-order valence-electron chi connectivity index (χ0n) is 8.79. The van der Waals surface area contributed by atoms with Crippen LogP contribution in [0.25, 0.3) is 0 Å². The van der Waals surface area contributed by atoms with Crippen molar-refractivity contribution < 1.29 is 4.79 Å². The number of piperidine rings is 1. The van der Waals surface area contributed by atoms with Crippen LogP contribution < -0.4 is 16.4 Å². The minimum Gasteiger partial charge on any atom is -0.397 e. The van der Waals surface area contributed by atoms with Gasteiger partial charge in [0, 0.05) is 11.6 Å². The molecule has 0 aromatic heterocycles. The quantitative estimate of drug-likeness (QED) is 0.687. The first-order chi connectivity index (χ1) is 7.66. The lowest BCUT2D eigenvalue weighted by molar-refractivity contribution is -0.123. The van der Waals surface area contributed by atoms with Crippen molar-refractivity contribution in [2.45, 2.75) is 18.9 Å². The molecule has 1 aromatic rings. The van der Waals surface area contributed by atoms with Crippen LogP contribution in [-0.4, -0.2) is 18.5 Å². The second kappa shape index (κ2) is 4.61. The number of hydrogen-bond donors (Lipinski definition) is 3. The van der Waals surface area contributed by atoms with E-state index in [9.17, 15) is 4.79 Å². The third-order valence-electron chi connectivity index (χ3n) is 2.63. The first kappa shape index (κ1) is 11.1. The minimum atomic E-state index is -0.213. The van der Waals surface area contributed by atoms with Gasteiger partial charge in [0.05, 0.1) is 11.4 Å². The number of amides is 1. The average molecular weight is 240 g/mol. The minimum absolute atomic E-state index is 0.0191. The van der Waals surface area contributed by atoms with Gasteiger partial charge in [0.25, 0.3) is 0 Å². The molecule has 1 aliphatic rings. The van der Waals surface area contributed by atoms with Gasteiger partial charge in [0.1, 0.15) is 6.04 Å². The topological polar surface area (TPSA) is 67.2 Å². The van der Waals surface area contributed by atoms with Gasteiger partial charge in [-0.15, -0.1) is 0 Å². The smallest absolute Gasteiger partial charge is 0.242 e. The van der Waals surface area contributed by atoms with Crippen LogP contribution in [0.2, 0.25) is 5.02 Å². The van der Waals surface area contributed by atoms with Crippen LogP contribution in [0.3, 0.4) is 0 Å². The Balaban J connectivity index is 2.13. The maximum Gasteiger partial charge on any atom is 0.242 e. The molecule has 1 atom stereocenters. The van der Waals surface area contributed by atoms with Crippen LogP contribution >= 0.6 is 11.6 Å². The predicted molar refractivity (Wildman–Crippen MR) is 65.5 cm³/mol. The Hall–Kier alpha value is -1.42. The number of nitrogens with two attached hydrogens (primary N) is 1. The highest BCUT2D eigenvalue weighted by Gasteiger charge is 2.22. The third-order valence-corrected chi connectivity index (χ3v) is 2.87. The summed E-state index contributed by atoms with van der Waals surface area (Å²) in [4.78, 5) is 11.5. The molecule has 1 aromatic carbocycles. The van der Waals surface area contributed by atoms with E-state index in [0.29, 0.717) is 10.7 Å². The summed E-state index contributed by atoms with van der Waals surface area (Å²) in [6.07, 6.45) is 1.79. The Morgan fingerprint density at radius 2 is 2.31 bits per heavy atom. The van der Waals surface area contributed by atoms with Gasteiger partial charge in [-0.25, -0.2) is 0 Å². The molecule has 0 radical (unpaired) electrons. The average Bonchev–Trinajstić information content (AvgIpc) is 2.27. The van der Waals surface area contributed by atoms with Gasteiger partial charge >= 0.3 is 0 Å². The van der Waals surface area contributed by atoms with Gasteiger partial charge in [-0.2, -0.15) is 0 Å². The zero-order chi connectivity index (χ0) is 11.5. The monoisotopic (exact) mass is 239 g/mol. The fourth-order valence-electron chi connectivity index (χ4n) is 1.75. The van der Waals surface area contributed by atoms with Crippen LogP contribution in [0, 0.1) is 0 Å². The summed E-state index contributed by atoms with van der Waals surface area (Å²) >= 11 is 5.87. The van der Waals surface area contributed by atoms with Crippen LogP contribution in [-0.2, 0) is 4.79 Å². The fourth-order valence-corrected chi connectivity index (χ4v) is 1.92. The molecule has 4 N–H and O–H groups in total. The number of halogens is 1. The van der Waals surface area contributed by atoms with Crippen molar-refractivity contribution in [3.05, 3.63) is 23.2 Å². The summed E-state index contributed by atoms with van der Waals surface area (Å²) in [6.45, 7) is 0.752. The van der Waals surface area contributed by atoms with Crippen molar-refractivity contribution >= 4 is 28.9 Å². The molecular weight excluding hydrogens is 226 g/mol. The van der Waals surface area contributed by atoms with Gasteiger partial charge in [-0.1, -0.05) is 11.6 Å². The van der Waals surface area contributed by atoms with E-state index in [1.54, 1.807) is 18.2 Å². The number of hydrogen-bond acceptors (Lipinski definition) is 3. The Morgan fingerprint density at radius 3 is 3.06 bits per heavy atom. The molecule has 86 valence electrons. The molecule has 1 amide bonds. The molecule has 0 spiro atoms. The molecule has 1 heterocycles. The number of rotatable bonds is 2. The number of anilines is 2. The molecule has 5 heteroatoms. The largest absolute Gasteiger partial charge is 0.397 e. The molecule has 16 heavy (non-hydrogen) atoms. The van der Waals surface area contributed by atoms with E-state index in [-0.39, 0.29) is 11.9 Å². The molecule has 0 saturated carbocycles. The van der Waals surface area contributed by atoms with Crippen LogP contribution in [0.1, 0.15) is 12.8 Å². The molecule has 0 bridgehead atoms. The lowest BCUT2D eigenvalue weighted by Gasteiger charge is -2.24. The molecule has 2 rings (SSSR count). The van der Waals surface area contributed by atoms with Crippen molar-refractivity contribution in [1.29, 1.82) is 0 Å². The molecular formula is C11H14ClN3O. The molecule has 4 nitrogen and oxygen atoms in total. The zero-order valence-corrected chi connectivity index (χ0v) is 9.55. The van der Waals surface area contributed by atoms with Crippen LogP contribution in [0.4, 0.5) is 11.4 Å². The molecule has 1 unspecified atom stereocenters. The number of carbonyl (C=O) groups is 1. The highest BCUT2D eigenvalue weighted by atomic mass is 35.5. The van der Waals surface area contributed by atoms with Crippen LogP contribution in [0.15, 0.2) is 18.2 Å². The summed E-state index contributed by atoms with van der Waals surface area (Å²) in [7, 11) is 0. The maximum atomic E-state index is 11.5. The van der Waals surface area contributed by atoms with Gasteiger partial charge in [-0.05, 0) is 31.0 Å². The van der Waals surface area contributed by atoms with Gasteiger partial charge in [0.15, 0.2) is 0 Å². The van der Waals surface area contributed by atoms with Crippen molar-refractivity contribution in [3.8, 4) is 0 Å². The molecule has 0 aliphatic carbocycles. The first-order valence-corrected chi connectivity index (χ1v) is 5.64. The summed E-state index contributed by atoms with van der Waals surface area (Å²) in [5.74, 6) is 0.0191. The summed E-state index contributed by atoms with van der Waals surface area (Å²) < 4.78 is 0. The van der Waals surface area contributed by atoms with E-state index in [2.05, 4.69) is 10.6 Å².